The molecule has 152 valence electrons. The van der Waals surface area contributed by atoms with Gasteiger partial charge in [-0.3, -0.25) is 10.1 Å². The standard InChI is InChI=1S/C21H23N3O4S/c1-17-11-14-23(15-12-17)29(27,28)19-9-10-20(21(16-19)24(25)26)22-13-5-8-18-6-3-2-4-7-18/h2-4,6-7,9-10,16-17,22H,11-15H2,1H3. The number of nitro groups is 1. The van der Waals surface area contributed by atoms with Crippen molar-refractivity contribution < 1.29 is 13.3 Å². The molecule has 1 aliphatic rings. The van der Waals surface area contributed by atoms with Gasteiger partial charge in [0.25, 0.3) is 5.69 Å². The van der Waals surface area contributed by atoms with Crippen molar-refractivity contribution in [3.05, 3.63) is 64.2 Å². The minimum atomic E-state index is -3.75. The van der Waals surface area contributed by atoms with E-state index in [-0.39, 0.29) is 22.8 Å². The van der Waals surface area contributed by atoms with E-state index in [2.05, 4.69) is 24.1 Å². The maximum Gasteiger partial charge on any atom is 0.293 e. The van der Waals surface area contributed by atoms with Gasteiger partial charge < -0.3 is 5.32 Å². The molecule has 0 radical (unpaired) electrons. The monoisotopic (exact) mass is 413 g/mol. The Morgan fingerprint density at radius 3 is 2.52 bits per heavy atom. The summed E-state index contributed by atoms with van der Waals surface area (Å²) in [5.41, 5.74) is 0.808. The van der Waals surface area contributed by atoms with Gasteiger partial charge in [0, 0.05) is 24.7 Å². The predicted octanol–water partition coefficient (Wildman–Crippen LogP) is 3.48. The molecule has 0 amide bonds. The summed E-state index contributed by atoms with van der Waals surface area (Å²) in [7, 11) is -3.75. The quantitative estimate of drug-likeness (QED) is 0.460. The first kappa shape index (κ1) is 20.8. The molecule has 8 heteroatoms. The Balaban J connectivity index is 1.77. The number of nitro benzene ring substituents is 1. The van der Waals surface area contributed by atoms with E-state index in [9.17, 15) is 18.5 Å². The Bertz CT molecular complexity index is 1030. The number of rotatable bonds is 5. The van der Waals surface area contributed by atoms with Crippen LogP contribution in [-0.4, -0.2) is 37.3 Å². The number of hydrogen-bond acceptors (Lipinski definition) is 5. The highest BCUT2D eigenvalue weighted by Gasteiger charge is 2.30. The maximum absolute atomic E-state index is 12.9. The van der Waals surface area contributed by atoms with E-state index >= 15 is 0 Å². The highest BCUT2D eigenvalue weighted by molar-refractivity contribution is 7.89. The van der Waals surface area contributed by atoms with Crippen LogP contribution >= 0.6 is 0 Å². The molecule has 1 N–H and O–H groups in total. The number of hydrogen-bond donors (Lipinski definition) is 1. The zero-order chi connectivity index (χ0) is 20.9. The number of nitrogens with zero attached hydrogens (tertiary/aromatic N) is 2. The van der Waals surface area contributed by atoms with E-state index in [1.165, 1.54) is 16.4 Å². The van der Waals surface area contributed by atoms with Crippen molar-refractivity contribution in [2.75, 3.05) is 25.0 Å². The number of benzene rings is 2. The summed E-state index contributed by atoms with van der Waals surface area (Å²) in [6, 6.07) is 13.4. The van der Waals surface area contributed by atoms with Crippen LogP contribution in [0, 0.1) is 27.9 Å². The number of piperidine rings is 1. The topological polar surface area (TPSA) is 92.6 Å². The van der Waals surface area contributed by atoms with Crippen LogP contribution < -0.4 is 5.32 Å². The third-order valence-electron chi connectivity index (χ3n) is 4.92. The summed E-state index contributed by atoms with van der Waals surface area (Å²) >= 11 is 0. The molecule has 1 heterocycles. The van der Waals surface area contributed by atoms with Crippen molar-refractivity contribution in [2.45, 2.75) is 24.7 Å². The molecule has 3 rings (SSSR count). The van der Waals surface area contributed by atoms with Crippen LogP contribution in [0.25, 0.3) is 0 Å². The molecule has 0 spiro atoms. The molecule has 2 aromatic carbocycles. The van der Waals surface area contributed by atoms with Gasteiger partial charge in [0.1, 0.15) is 5.69 Å². The van der Waals surface area contributed by atoms with E-state index in [0.717, 1.165) is 24.5 Å². The fraction of sp³-hybridized carbons (Fsp3) is 0.333. The number of sulfonamides is 1. The van der Waals surface area contributed by atoms with E-state index < -0.39 is 14.9 Å². The van der Waals surface area contributed by atoms with Crippen LogP contribution in [-0.2, 0) is 10.0 Å². The lowest BCUT2D eigenvalue weighted by atomic mass is 10.0. The Labute approximate surface area is 170 Å². The lowest BCUT2D eigenvalue weighted by molar-refractivity contribution is -0.384. The molecule has 7 nitrogen and oxygen atoms in total. The van der Waals surface area contributed by atoms with Gasteiger partial charge in [0.05, 0.1) is 16.4 Å². The van der Waals surface area contributed by atoms with Crippen molar-refractivity contribution in [3.63, 3.8) is 0 Å². The first-order chi connectivity index (χ1) is 13.9. The summed E-state index contributed by atoms with van der Waals surface area (Å²) in [4.78, 5) is 10.9. The molecule has 1 aliphatic heterocycles. The second kappa shape index (κ2) is 9.07. The SMILES string of the molecule is CC1CCN(S(=O)(=O)c2ccc(NCC#Cc3ccccc3)c([N+](=O)[O-])c2)CC1. The number of nitrogens with one attached hydrogen (secondary N) is 1. The van der Waals surface area contributed by atoms with E-state index in [1.54, 1.807) is 0 Å². The lowest BCUT2D eigenvalue weighted by Crippen LogP contribution is -2.37. The minimum absolute atomic E-state index is 0.0559. The van der Waals surface area contributed by atoms with Crippen molar-refractivity contribution in [3.8, 4) is 11.8 Å². The molecule has 1 fully saturated rings. The summed E-state index contributed by atoms with van der Waals surface area (Å²) in [5, 5.41) is 14.4. The first-order valence-electron chi connectivity index (χ1n) is 9.44. The molecule has 2 aromatic rings. The molecule has 29 heavy (non-hydrogen) atoms. The Kier molecular flexibility index (Phi) is 6.52. The summed E-state index contributed by atoms with van der Waals surface area (Å²) in [5.74, 6) is 6.35. The van der Waals surface area contributed by atoms with Gasteiger partial charge in [0.15, 0.2) is 0 Å². The number of anilines is 1. The Morgan fingerprint density at radius 2 is 1.86 bits per heavy atom. The zero-order valence-electron chi connectivity index (χ0n) is 16.2. The van der Waals surface area contributed by atoms with Gasteiger partial charge in [-0.05, 0) is 43.0 Å². The third kappa shape index (κ3) is 5.13. The second-order valence-electron chi connectivity index (χ2n) is 7.04. The molecule has 0 atom stereocenters. The van der Waals surface area contributed by atoms with Gasteiger partial charge in [-0.2, -0.15) is 4.31 Å². The van der Waals surface area contributed by atoms with Crippen molar-refractivity contribution in [1.29, 1.82) is 0 Å². The van der Waals surface area contributed by atoms with E-state index in [1.807, 2.05) is 30.3 Å². The molecule has 0 aliphatic carbocycles. The average molecular weight is 413 g/mol. The fourth-order valence-corrected chi connectivity index (χ4v) is 4.64. The van der Waals surface area contributed by atoms with E-state index in [4.69, 9.17) is 0 Å². The molecular formula is C21H23N3O4S. The van der Waals surface area contributed by atoms with Gasteiger partial charge in [-0.1, -0.05) is 37.0 Å². The van der Waals surface area contributed by atoms with Gasteiger partial charge >= 0.3 is 0 Å². The summed E-state index contributed by atoms with van der Waals surface area (Å²) in [6.45, 7) is 3.17. The summed E-state index contributed by atoms with van der Waals surface area (Å²) < 4.78 is 27.1. The highest BCUT2D eigenvalue weighted by Crippen LogP contribution is 2.30. The second-order valence-corrected chi connectivity index (χ2v) is 8.98. The van der Waals surface area contributed by atoms with Gasteiger partial charge in [-0.15, -0.1) is 0 Å². The normalized spacial score (nSPS) is 15.3. The fourth-order valence-electron chi connectivity index (χ4n) is 3.15. The molecule has 1 saturated heterocycles. The van der Waals surface area contributed by atoms with Crippen LogP contribution in [0.2, 0.25) is 0 Å². The molecule has 0 saturated carbocycles. The van der Waals surface area contributed by atoms with Crippen LogP contribution in [0.3, 0.4) is 0 Å². The van der Waals surface area contributed by atoms with Crippen molar-refractivity contribution >= 4 is 21.4 Å². The third-order valence-corrected chi connectivity index (χ3v) is 6.81. The van der Waals surface area contributed by atoms with Gasteiger partial charge in [0.2, 0.25) is 10.0 Å². The van der Waals surface area contributed by atoms with Crippen LogP contribution in [0.1, 0.15) is 25.3 Å². The Morgan fingerprint density at radius 1 is 1.17 bits per heavy atom. The average Bonchev–Trinajstić information content (AvgIpc) is 2.72. The molecular weight excluding hydrogens is 390 g/mol. The molecule has 0 aromatic heterocycles. The van der Waals surface area contributed by atoms with Gasteiger partial charge in [-0.25, -0.2) is 8.42 Å². The largest absolute Gasteiger partial charge is 0.369 e. The van der Waals surface area contributed by atoms with Crippen LogP contribution in [0.5, 0.6) is 0 Å². The predicted molar refractivity (Wildman–Crippen MR) is 112 cm³/mol. The smallest absolute Gasteiger partial charge is 0.293 e. The highest BCUT2D eigenvalue weighted by atomic mass is 32.2. The minimum Gasteiger partial charge on any atom is -0.369 e. The molecule has 0 bridgehead atoms. The maximum atomic E-state index is 12.9. The van der Waals surface area contributed by atoms with Crippen LogP contribution in [0.15, 0.2) is 53.4 Å². The lowest BCUT2D eigenvalue weighted by Gasteiger charge is -2.29. The first-order valence-corrected chi connectivity index (χ1v) is 10.9. The Hall–Kier alpha value is -2.89. The van der Waals surface area contributed by atoms with Crippen molar-refractivity contribution in [1.82, 2.24) is 4.31 Å². The summed E-state index contributed by atoms with van der Waals surface area (Å²) in [6.07, 6.45) is 1.59. The van der Waals surface area contributed by atoms with E-state index in [0.29, 0.717) is 19.0 Å². The molecule has 0 unspecified atom stereocenters. The van der Waals surface area contributed by atoms with Crippen LogP contribution in [0.4, 0.5) is 11.4 Å². The van der Waals surface area contributed by atoms with Crippen molar-refractivity contribution in [2.24, 2.45) is 5.92 Å². The zero-order valence-corrected chi connectivity index (χ0v) is 17.0.